The van der Waals surface area contributed by atoms with Gasteiger partial charge in [0.05, 0.1) is 0 Å². The molecule has 2 aliphatic rings. The maximum Gasteiger partial charge on any atom is 0.106 e. The van der Waals surface area contributed by atoms with Crippen molar-refractivity contribution in [3.8, 4) is 0 Å². The fourth-order valence-corrected chi connectivity index (χ4v) is 3.18. The van der Waals surface area contributed by atoms with Gasteiger partial charge >= 0.3 is 0 Å². The molecule has 1 aliphatic heterocycles. The number of allylic oxidation sites excluding steroid dienone is 1. The Morgan fingerprint density at radius 1 is 1.05 bits per heavy atom. The molecule has 3 nitrogen and oxygen atoms in total. The summed E-state index contributed by atoms with van der Waals surface area (Å²) in [5.74, 6) is 1.30. The number of hydrogen-bond acceptors (Lipinski definition) is 3. The lowest BCUT2D eigenvalue weighted by atomic mass is 9.91. The Morgan fingerprint density at radius 2 is 1.86 bits per heavy atom. The molecule has 22 heavy (non-hydrogen) atoms. The van der Waals surface area contributed by atoms with E-state index in [1.165, 1.54) is 41.9 Å². The second kappa shape index (κ2) is 5.41. The Labute approximate surface area is 131 Å². The maximum absolute atomic E-state index is 5.94. The molecule has 0 unspecified atom stereocenters. The third kappa shape index (κ3) is 2.43. The van der Waals surface area contributed by atoms with Crippen molar-refractivity contribution in [3.05, 3.63) is 71.1 Å². The van der Waals surface area contributed by atoms with Gasteiger partial charge in [-0.15, -0.1) is 0 Å². The number of nitrogens with one attached hydrogen (secondary N) is 1. The number of nitrogens with two attached hydrogens (primary N) is 1. The summed E-state index contributed by atoms with van der Waals surface area (Å²) in [7, 11) is 0. The first kappa shape index (κ1) is 13.3. The average molecular weight is 291 g/mol. The smallest absolute Gasteiger partial charge is 0.106 e. The van der Waals surface area contributed by atoms with Crippen LogP contribution in [0.15, 0.2) is 59.9 Å². The van der Waals surface area contributed by atoms with E-state index in [0.29, 0.717) is 0 Å². The normalized spacial score (nSPS) is 16.8. The number of anilines is 2. The maximum atomic E-state index is 5.94. The zero-order chi connectivity index (χ0) is 14.9. The highest BCUT2D eigenvalue weighted by Gasteiger charge is 2.25. The van der Waals surface area contributed by atoms with E-state index in [4.69, 9.17) is 5.73 Å². The predicted octanol–water partition coefficient (Wildman–Crippen LogP) is 4.09. The minimum atomic E-state index is 0.820. The third-order valence-electron chi connectivity index (χ3n) is 4.57. The summed E-state index contributed by atoms with van der Waals surface area (Å²) in [5.41, 5.74) is 12.1. The fourth-order valence-electron chi connectivity index (χ4n) is 3.18. The first-order chi connectivity index (χ1) is 10.8. The Balaban J connectivity index is 1.68. The molecule has 0 bridgehead atoms. The van der Waals surface area contributed by atoms with Gasteiger partial charge in [-0.1, -0.05) is 36.4 Å². The van der Waals surface area contributed by atoms with Crippen LogP contribution in [0.25, 0.3) is 0 Å². The van der Waals surface area contributed by atoms with Gasteiger partial charge in [-0.2, -0.15) is 0 Å². The Hall–Kier alpha value is -2.42. The van der Waals surface area contributed by atoms with Gasteiger partial charge < -0.3 is 16.0 Å². The molecule has 0 spiro atoms. The summed E-state index contributed by atoms with van der Waals surface area (Å²) >= 11 is 0. The molecule has 0 aromatic heterocycles. The molecule has 3 heteroatoms. The van der Waals surface area contributed by atoms with E-state index in [0.717, 1.165) is 18.8 Å². The predicted molar refractivity (Wildman–Crippen MR) is 91.0 cm³/mol. The fraction of sp³-hybridized carbons (Fsp3) is 0.263. The van der Waals surface area contributed by atoms with Crippen LogP contribution in [0.5, 0.6) is 0 Å². The second-order valence-electron chi connectivity index (χ2n) is 6.19. The van der Waals surface area contributed by atoms with E-state index in [2.05, 4.69) is 52.7 Å². The number of nitrogens with zero attached hydrogens (tertiary/aromatic N) is 1. The number of fused-ring (bicyclic) bond motifs is 1. The lowest BCUT2D eigenvalue weighted by Gasteiger charge is -2.38. The highest BCUT2D eigenvalue weighted by molar-refractivity contribution is 5.64. The van der Waals surface area contributed by atoms with Crippen LogP contribution < -0.4 is 11.1 Å². The molecule has 112 valence electrons. The van der Waals surface area contributed by atoms with Crippen LogP contribution >= 0.6 is 0 Å². The van der Waals surface area contributed by atoms with Gasteiger partial charge in [-0.05, 0) is 48.1 Å². The van der Waals surface area contributed by atoms with E-state index < -0.39 is 0 Å². The van der Waals surface area contributed by atoms with Crippen molar-refractivity contribution in [1.29, 1.82) is 0 Å². The Kier molecular flexibility index (Phi) is 3.26. The lowest BCUT2D eigenvalue weighted by molar-refractivity contribution is 0.314. The van der Waals surface area contributed by atoms with Crippen LogP contribution in [0.4, 0.5) is 11.4 Å². The molecule has 0 amide bonds. The van der Waals surface area contributed by atoms with Crippen LogP contribution in [-0.2, 0) is 13.1 Å². The van der Waals surface area contributed by atoms with E-state index >= 15 is 0 Å². The van der Waals surface area contributed by atoms with E-state index in [1.54, 1.807) is 5.57 Å². The monoisotopic (exact) mass is 291 g/mol. The number of nitrogen functional groups attached to an aromatic ring is 1. The molecule has 1 saturated carbocycles. The Morgan fingerprint density at radius 3 is 2.59 bits per heavy atom. The molecular formula is C19H21N3. The zero-order valence-electron chi connectivity index (χ0n) is 12.7. The minimum Gasteiger partial charge on any atom is -0.399 e. The molecule has 0 saturated heterocycles. The van der Waals surface area contributed by atoms with Crippen molar-refractivity contribution in [2.75, 3.05) is 11.1 Å². The van der Waals surface area contributed by atoms with Gasteiger partial charge in [0.2, 0.25) is 0 Å². The quantitative estimate of drug-likeness (QED) is 0.819. The van der Waals surface area contributed by atoms with Gasteiger partial charge in [-0.25, -0.2) is 0 Å². The van der Waals surface area contributed by atoms with Crippen molar-refractivity contribution in [2.45, 2.75) is 32.4 Å². The van der Waals surface area contributed by atoms with Crippen LogP contribution in [0.2, 0.25) is 0 Å². The highest BCUT2D eigenvalue weighted by atomic mass is 15.3. The average Bonchev–Trinajstić information content (AvgIpc) is 2.47. The SMILES string of the molecule is Nc1ccc2c(c1)NC(=C1CCC1)N(Cc1ccccc1)C2. The van der Waals surface area contributed by atoms with Crippen molar-refractivity contribution in [1.82, 2.24) is 4.90 Å². The topological polar surface area (TPSA) is 41.3 Å². The highest BCUT2D eigenvalue weighted by Crippen LogP contribution is 2.36. The van der Waals surface area contributed by atoms with Gasteiger partial charge in [0.1, 0.15) is 5.82 Å². The minimum absolute atomic E-state index is 0.820. The zero-order valence-corrected chi connectivity index (χ0v) is 12.7. The van der Waals surface area contributed by atoms with Gasteiger partial charge in [-0.3, -0.25) is 0 Å². The van der Waals surface area contributed by atoms with Crippen molar-refractivity contribution < 1.29 is 0 Å². The summed E-state index contributed by atoms with van der Waals surface area (Å²) in [5, 5.41) is 3.64. The first-order valence-electron chi connectivity index (χ1n) is 7.96. The molecule has 1 fully saturated rings. The molecule has 0 atom stereocenters. The summed E-state index contributed by atoms with van der Waals surface area (Å²) in [6, 6.07) is 16.9. The van der Waals surface area contributed by atoms with E-state index in [9.17, 15) is 0 Å². The number of benzene rings is 2. The summed E-state index contributed by atoms with van der Waals surface area (Å²) < 4.78 is 0. The summed E-state index contributed by atoms with van der Waals surface area (Å²) in [6.07, 6.45) is 3.74. The van der Waals surface area contributed by atoms with Crippen LogP contribution in [0.1, 0.15) is 30.4 Å². The number of rotatable bonds is 2. The first-order valence-corrected chi connectivity index (χ1v) is 7.96. The molecule has 2 aromatic rings. The summed E-state index contributed by atoms with van der Waals surface area (Å²) in [4.78, 5) is 2.46. The molecule has 3 N–H and O–H groups in total. The largest absolute Gasteiger partial charge is 0.399 e. The summed E-state index contributed by atoms with van der Waals surface area (Å²) in [6.45, 7) is 1.88. The van der Waals surface area contributed by atoms with Crippen molar-refractivity contribution in [2.24, 2.45) is 0 Å². The second-order valence-corrected chi connectivity index (χ2v) is 6.19. The molecule has 0 radical (unpaired) electrons. The molecule has 2 aromatic carbocycles. The molecule has 1 aliphatic carbocycles. The standard InChI is InChI=1S/C19H21N3/c20-17-10-9-16-13-22(12-14-5-2-1-3-6-14)19(15-7-4-8-15)21-18(16)11-17/h1-3,5-6,9-11,21H,4,7-8,12-13,20H2. The molecule has 4 rings (SSSR count). The van der Waals surface area contributed by atoms with Crippen LogP contribution in [-0.4, -0.2) is 4.90 Å². The van der Waals surface area contributed by atoms with Crippen molar-refractivity contribution >= 4 is 11.4 Å². The van der Waals surface area contributed by atoms with Crippen LogP contribution in [0.3, 0.4) is 0 Å². The molecular weight excluding hydrogens is 270 g/mol. The lowest BCUT2D eigenvalue weighted by Crippen LogP contribution is -2.33. The van der Waals surface area contributed by atoms with E-state index in [1.807, 2.05) is 6.07 Å². The molecule has 1 heterocycles. The Bertz CT molecular complexity index is 713. The van der Waals surface area contributed by atoms with Crippen LogP contribution in [0, 0.1) is 0 Å². The third-order valence-corrected chi connectivity index (χ3v) is 4.57. The van der Waals surface area contributed by atoms with Gasteiger partial charge in [0.15, 0.2) is 0 Å². The van der Waals surface area contributed by atoms with Crippen molar-refractivity contribution in [3.63, 3.8) is 0 Å². The van der Waals surface area contributed by atoms with Gasteiger partial charge in [0, 0.05) is 24.5 Å². The van der Waals surface area contributed by atoms with Gasteiger partial charge in [0.25, 0.3) is 0 Å². The number of hydrogen-bond donors (Lipinski definition) is 2. The van der Waals surface area contributed by atoms with E-state index in [-0.39, 0.29) is 0 Å².